The summed E-state index contributed by atoms with van der Waals surface area (Å²) < 4.78 is 33.2. The van der Waals surface area contributed by atoms with Gasteiger partial charge in [-0.1, -0.05) is 0 Å². The van der Waals surface area contributed by atoms with Crippen LogP contribution >= 0.6 is 0 Å². The molecule has 5 heteroatoms. The minimum absolute atomic E-state index is 0.0133. The summed E-state index contributed by atoms with van der Waals surface area (Å²) in [6, 6.07) is 0. The third kappa shape index (κ3) is 8.73. The Morgan fingerprint density at radius 3 is 2.44 bits per heavy atom. The predicted octanol–water partition coefficient (Wildman–Crippen LogP) is 2.43. The lowest BCUT2D eigenvalue weighted by Crippen LogP contribution is -2.23. The van der Waals surface area contributed by atoms with E-state index in [9.17, 15) is 13.6 Å². The molecule has 0 aliphatic heterocycles. The topological polar surface area (TPSA) is 35.5 Å². The van der Waals surface area contributed by atoms with Crippen molar-refractivity contribution in [3.8, 4) is 0 Å². The Balaban J connectivity index is 3.52. The fourth-order valence-corrected chi connectivity index (χ4v) is 1.03. The highest BCUT2D eigenvalue weighted by Crippen LogP contribution is 2.15. The van der Waals surface area contributed by atoms with E-state index in [1.54, 1.807) is 7.11 Å². The number of methoxy groups -OCH3 is 1. The zero-order chi connectivity index (χ0) is 12.6. The maximum Gasteiger partial charge on any atom is 0.261 e. The number of hydrogen-bond acceptors (Lipinski definition) is 3. The molecule has 0 radical (unpaired) electrons. The number of alkyl halides is 2. The maximum absolute atomic E-state index is 11.7. The molecule has 0 N–H and O–H groups in total. The van der Waals surface area contributed by atoms with E-state index in [2.05, 4.69) is 4.74 Å². The molecule has 0 aliphatic carbocycles. The number of Topliss-reactive ketones (excluding diaryl/α,β-unsaturated/α-hetero) is 1. The van der Waals surface area contributed by atoms with Crippen molar-refractivity contribution < 1.29 is 23.0 Å². The Kier molecular flexibility index (Phi) is 7.42. The van der Waals surface area contributed by atoms with Crippen LogP contribution in [0, 0.1) is 0 Å². The lowest BCUT2D eigenvalue weighted by Gasteiger charge is -2.22. The smallest absolute Gasteiger partial charge is 0.261 e. The van der Waals surface area contributed by atoms with Gasteiger partial charge in [0, 0.05) is 20.0 Å². The summed E-state index contributed by atoms with van der Waals surface area (Å²) in [5.74, 6) is 0.0133. The zero-order valence-corrected chi connectivity index (χ0v) is 10.1. The van der Waals surface area contributed by atoms with Crippen LogP contribution in [0.1, 0.15) is 33.1 Å². The molecular formula is C11H20F2O3. The zero-order valence-electron chi connectivity index (χ0n) is 10.1. The molecule has 96 valence electrons. The van der Waals surface area contributed by atoms with Crippen molar-refractivity contribution in [3.05, 3.63) is 0 Å². The van der Waals surface area contributed by atoms with Crippen LogP contribution in [0.2, 0.25) is 0 Å². The first-order chi connectivity index (χ1) is 7.37. The standard InChI is InChI=1S/C11H20F2O3/c1-11(2,15-3)6-4-9(14)5-7-16-8-10(12)13/h10H,4-8H2,1-3H3. The number of carbonyl (C=O) groups excluding carboxylic acids is 1. The number of carbonyl (C=O) groups is 1. The second kappa shape index (κ2) is 7.68. The monoisotopic (exact) mass is 238 g/mol. The lowest BCUT2D eigenvalue weighted by atomic mass is 10.00. The van der Waals surface area contributed by atoms with E-state index < -0.39 is 13.0 Å². The van der Waals surface area contributed by atoms with Crippen LogP contribution in [0.4, 0.5) is 8.78 Å². The van der Waals surface area contributed by atoms with Crippen molar-refractivity contribution in [2.24, 2.45) is 0 Å². The molecule has 16 heavy (non-hydrogen) atoms. The molecule has 0 aromatic carbocycles. The summed E-state index contributed by atoms with van der Waals surface area (Å²) >= 11 is 0. The SMILES string of the molecule is COC(C)(C)CCC(=O)CCOCC(F)F. The van der Waals surface area contributed by atoms with E-state index in [-0.39, 0.29) is 24.4 Å². The van der Waals surface area contributed by atoms with Crippen LogP contribution in [-0.4, -0.2) is 38.1 Å². The third-order valence-electron chi connectivity index (χ3n) is 2.33. The van der Waals surface area contributed by atoms with E-state index in [0.717, 1.165) is 0 Å². The van der Waals surface area contributed by atoms with E-state index in [0.29, 0.717) is 12.8 Å². The molecule has 0 heterocycles. The second-order valence-corrected chi connectivity index (χ2v) is 4.22. The molecule has 0 saturated carbocycles. The van der Waals surface area contributed by atoms with Crippen molar-refractivity contribution in [1.29, 1.82) is 0 Å². The highest BCUT2D eigenvalue weighted by Gasteiger charge is 2.17. The Morgan fingerprint density at radius 2 is 1.94 bits per heavy atom. The van der Waals surface area contributed by atoms with Crippen LogP contribution in [0.25, 0.3) is 0 Å². The van der Waals surface area contributed by atoms with Crippen molar-refractivity contribution >= 4 is 5.78 Å². The molecule has 0 atom stereocenters. The molecule has 3 nitrogen and oxygen atoms in total. The van der Waals surface area contributed by atoms with Crippen LogP contribution in [0.3, 0.4) is 0 Å². The molecule has 0 aliphatic rings. The normalized spacial score (nSPS) is 12.1. The van der Waals surface area contributed by atoms with Gasteiger partial charge in [-0.3, -0.25) is 4.79 Å². The number of halogens is 2. The summed E-state index contributed by atoms with van der Waals surface area (Å²) in [7, 11) is 1.59. The first-order valence-electron chi connectivity index (χ1n) is 5.30. The van der Waals surface area contributed by atoms with E-state index in [4.69, 9.17) is 4.74 Å². The van der Waals surface area contributed by atoms with E-state index >= 15 is 0 Å². The van der Waals surface area contributed by atoms with Crippen LogP contribution in [-0.2, 0) is 14.3 Å². The lowest BCUT2D eigenvalue weighted by molar-refractivity contribution is -0.121. The number of ketones is 1. The van der Waals surface area contributed by atoms with Crippen LogP contribution in [0.5, 0.6) is 0 Å². The Labute approximate surface area is 95.1 Å². The molecule has 0 rings (SSSR count). The van der Waals surface area contributed by atoms with E-state index in [1.807, 2.05) is 13.8 Å². The average molecular weight is 238 g/mol. The minimum Gasteiger partial charge on any atom is -0.379 e. The number of hydrogen-bond donors (Lipinski definition) is 0. The highest BCUT2D eigenvalue weighted by molar-refractivity contribution is 5.78. The minimum atomic E-state index is -2.47. The summed E-state index contributed by atoms with van der Waals surface area (Å²) in [4.78, 5) is 11.3. The Morgan fingerprint density at radius 1 is 1.31 bits per heavy atom. The molecule has 0 aromatic rings. The van der Waals surface area contributed by atoms with Crippen molar-refractivity contribution in [1.82, 2.24) is 0 Å². The van der Waals surface area contributed by atoms with Gasteiger partial charge >= 0.3 is 0 Å². The molecule has 0 bridgehead atoms. The van der Waals surface area contributed by atoms with Gasteiger partial charge in [0.15, 0.2) is 0 Å². The highest BCUT2D eigenvalue weighted by atomic mass is 19.3. The fraction of sp³-hybridized carbons (Fsp3) is 0.909. The quantitative estimate of drug-likeness (QED) is 0.579. The Bertz CT molecular complexity index is 205. The van der Waals surface area contributed by atoms with Gasteiger partial charge in [-0.05, 0) is 20.3 Å². The molecule has 0 fully saturated rings. The van der Waals surface area contributed by atoms with Crippen LogP contribution < -0.4 is 0 Å². The maximum atomic E-state index is 11.7. The van der Waals surface area contributed by atoms with Gasteiger partial charge < -0.3 is 9.47 Å². The second-order valence-electron chi connectivity index (χ2n) is 4.22. The van der Waals surface area contributed by atoms with Gasteiger partial charge in [-0.2, -0.15) is 0 Å². The van der Waals surface area contributed by atoms with Gasteiger partial charge in [0.1, 0.15) is 12.4 Å². The van der Waals surface area contributed by atoms with Gasteiger partial charge in [0.05, 0.1) is 12.2 Å². The first kappa shape index (κ1) is 15.4. The van der Waals surface area contributed by atoms with Gasteiger partial charge in [0.25, 0.3) is 6.43 Å². The summed E-state index contributed by atoms with van der Waals surface area (Å²) in [6.07, 6.45) is -1.27. The molecule has 0 aromatic heterocycles. The van der Waals surface area contributed by atoms with Gasteiger partial charge in [-0.15, -0.1) is 0 Å². The third-order valence-corrected chi connectivity index (χ3v) is 2.33. The summed E-state index contributed by atoms with van der Waals surface area (Å²) in [6.45, 7) is 3.26. The first-order valence-corrected chi connectivity index (χ1v) is 5.30. The largest absolute Gasteiger partial charge is 0.379 e. The number of ether oxygens (including phenoxy) is 2. The molecule has 0 spiro atoms. The van der Waals surface area contributed by atoms with Crippen molar-refractivity contribution in [2.45, 2.75) is 45.1 Å². The van der Waals surface area contributed by atoms with Gasteiger partial charge in [0.2, 0.25) is 0 Å². The Hall–Kier alpha value is -0.550. The molecule has 0 unspecified atom stereocenters. The van der Waals surface area contributed by atoms with E-state index in [1.165, 1.54) is 0 Å². The fourth-order valence-electron chi connectivity index (χ4n) is 1.03. The predicted molar refractivity (Wildman–Crippen MR) is 56.8 cm³/mol. The molecule has 0 amide bonds. The summed E-state index contributed by atoms with van der Waals surface area (Å²) in [5, 5.41) is 0. The summed E-state index contributed by atoms with van der Waals surface area (Å²) in [5.41, 5.74) is -0.320. The average Bonchev–Trinajstić information content (AvgIpc) is 2.21. The molecular weight excluding hydrogens is 218 g/mol. The van der Waals surface area contributed by atoms with Crippen molar-refractivity contribution in [3.63, 3.8) is 0 Å². The van der Waals surface area contributed by atoms with Gasteiger partial charge in [-0.25, -0.2) is 8.78 Å². The molecule has 0 saturated heterocycles. The van der Waals surface area contributed by atoms with Crippen LogP contribution in [0.15, 0.2) is 0 Å². The van der Waals surface area contributed by atoms with Crippen molar-refractivity contribution in [2.75, 3.05) is 20.3 Å². The number of rotatable bonds is 9.